The zero-order valence-electron chi connectivity index (χ0n) is 14.2. The van der Waals surface area contributed by atoms with Crippen LogP contribution in [0, 0.1) is 12.7 Å². The van der Waals surface area contributed by atoms with E-state index < -0.39 is 5.97 Å². The maximum absolute atomic E-state index is 13.7. The molecule has 0 fully saturated rings. The van der Waals surface area contributed by atoms with Crippen molar-refractivity contribution in [1.29, 1.82) is 0 Å². The van der Waals surface area contributed by atoms with Gasteiger partial charge in [0, 0.05) is 18.4 Å². The lowest BCUT2D eigenvalue weighted by atomic mass is 9.94. The molecule has 0 saturated carbocycles. The van der Waals surface area contributed by atoms with Crippen LogP contribution in [0.15, 0.2) is 30.5 Å². The highest BCUT2D eigenvalue weighted by atomic mass is 19.1. The Morgan fingerprint density at radius 3 is 2.88 bits per heavy atom. The highest BCUT2D eigenvalue weighted by Gasteiger charge is 2.26. The number of ether oxygens (including phenoxy) is 1. The maximum atomic E-state index is 13.7. The maximum Gasteiger partial charge on any atom is 0.356 e. The van der Waals surface area contributed by atoms with Crippen molar-refractivity contribution in [3.8, 4) is 0 Å². The number of esters is 1. The van der Waals surface area contributed by atoms with Crippen molar-refractivity contribution in [2.24, 2.45) is 0 Å². The van der Waals surface area contributed by atoms with Crippen LogP contribution in [0.25, 0.3) is 0 Å². The molecular weight excluding hydrogens is 307 g/mol. The van der Waals surface area contributed by atoms with Gasteiger partial charge in [0.1, 0.15) is 11.5 Å². The molecule has 2 heterocycles. The molecule has 1 aromatic heterocycles. The van der Waals surface area contributed by atoms with E-state index in [1.165, 1.54) is 6.07 Å². The van der Waals surface area contributed by atoms with Gasteiger partial charge in [0.05, 0.1) is 12.6 Å². The number of fused-ring (bicyclic) bond motifs is 1. The van der Waals surface area contributed by atoms with Crippen LogP contribution in [-0.2, 0) is 11.2 Å². The second-order valence-electron chi connectivity index (χ2n) is 6.09. The molecule has 0 saturated heterocycles. The summed E-state index contributed by atoms with van der Waals surface area (Å²) in [5.74, 6) is -0.616. The van der Waals surface area contributed by atoms with Crippen molar-refractivity contribution in [1.82, 2.24) is 4.98 Å². The van der Waals surface area contributed by atoms with Crippen LogP contribution < -0.4 is 4.90 Å². The third kappa shape index (κ3) is 3.11. The van der Waals surface area contributed by atoms with Crippen LogP contribution in [0.1, 0.15) is 47.1 Å². The Morgan fingerprint density at radius 1 is 1.38 bits per heavy atom. The molecule has 126 valence electrons. The monoisotopic (exact) mass is 328 g/mol. The van der Waals surface area contributed by atoms with Crippen molar-refractivity contribution in [3.05, 3.63) is 58.7 Å². The molecule has 24 heavy (non-hydrogen) atoms. The highest BCUT2D eigenvalue weighted by molar-refractivity contribution is 5.87. The third-order valence-corrected chi connectivity index (χ3v) is 4.41. The topological polar surface area (TPSA) is 42.4 Å². The number of carbonyl (C=O) groups excluding carboxylic acids is 1. The molecular formula is C19H21FN2O2. The Kier molecular flexibility index (Phi) is 4.51. The molecule has 0 aliphatic carbocycles. The van der Waals surface area contributed by atoms with Crippen LogP contribution in [-0.4, -0.2) is 24.1 Å². The van der Waals surface area contributed by atoms with Crippen molar-refractivity contribution < 1.29 is 13.9 Å². The SMILES string of the molecule is CCOC(=O)c1cc2c(cn1)C(C)N(c1cc(C)cc(F)c1)CC2. The second kappa shape index (κ2) is 6.59. The van der Waals surface area contributed by atoms with Gasteiger partial charge < -0.3 is 9.64 Å². The number of rotatable bonds is 3. The number of halogens is 1. The molecule has 3 rings (SSSR count). The highest BCUT2D eigenvalue weighted by Crippen LogP contribution is 2.34. The van der Waals surface area contributed by atoms with Gasteiger partial charge in [-0.25, -0.2) is 14.2 Å². The molecule has 1 atom stereocenters. The summed E-state index contributed by atoms with van der Waals surface area (Å²) in [6, 6.07) is 6.97. The molecule has 1 aliphatic rings. The molecule has 0 amide bonds. The Hall–Kier alpha value is -2.43. The standard InChI is InChI=1S/C19H21FN2O2/c1-4-24-19(23)18-9-14-5-6-22(13(3)17(14)11-21-18)16-8-12(2)7-15(20)10-16/h7-11,13H,4-6H2,1-3H3. The number of benzene rings is 1. The summed E-state index contributed by atoms with van der Waals surface area (Å²) in [7, 11) is 0. The van der Waals surface area contributed by atoms with Gasteiger partial charge in [-0.05, 0) is 68.1 Å². The summed E-state index contributed by atoms with van der Waals surface area (Å²) in [5.41, 5.74) is 4.29. The molecule has 2 aromatic rings. The quantitative estimate of drug-likeness (QED) is 0.803. The number of aromatic nitrogens is 1. The summed E-state index contributed by atoms with van der Waals surface area (Å²) in [4.78, 5) is 18.3. The molecule has 1 aliphatic heterocycles. The summed E-state index contributed by atoms with van der Waals surface area (Å²) >= 11 is 0. The first-order valence-electron chi connectivity index (χ1n) is 8.19. The molecule has 0 N–H and O–H groups in total. The van der Waals surface area contributed by atoms with Crippen molar-refractivity contribution in [3.63, 3.8) is 0 Å². The van der Waals surface area contributed by atoms with Gasteiger partial charge in [-0.1, -0.05) is 0 Å². The largest absolute Gasteiger partial charge is 0.461 e. The fourth-order valence-electron chi connectivity index (χ4n) is 3.25. The third-order valence-electron chi connectivity index (χ3n) is 4.41. The number of anilines is 1. The number of hydrogen-bond acceptors (Lipinski definition) is 4. The van der Waals surface area contributed by atoms with Crippen LogP contribution in [0.2, 0.25) is 0 Å². The van der Waals surface area contributed by atoms with E-state index >= 15 is 0 Å². The van der Waals surface area contributed by atoms with E-state index in [4.69, 9.17) is 4.74 Å². The van der Waals surface area contributed by atoms with Gasteiger partial charge in [0.25, 0.3) is 0 Å². The molecule has 5 heteroatoms. The van der Waals surface area contributed by atoms with Gasteiger partial charge in [0.15, 0.2) is 0 Å². The van der Waals surface area contributed by atoms with Gasteiger partial charge in [-0.2, -0.15) is 0 Å². The normalized spacial score (nSPS) is 16.7. The minimum atomic E-state index is -0.392. The Morgan fingerprint density at radius 2 is 2.17 bits per heavy atom. The first-order chi connectivity index (χ1) is 11.5. The van der Waals surface area contributed by atoms with Crippen molar-refractivity contribution >= 4 is 11.7 Å². The van der Waals surface area contributed by atoms with Crippen LogP contribution >= 0.6 is 0 Å². The summed E-state index contributed by atoms with van der Waals surface area (Å²) in [6.07, 6.45) is 2.52. The Balaban J connectivity index is 1.90. The lowest BCUT2D eigenvalue weighted by Crippen LogP contribution is -2.34. The number of aryl methyl sites for hydroxylation is 1. The average Bonchev–Trinajstić information content (AvgIpc) is 2.54. The molecule has 0 spiro atoms. The van der Waals surface area contributed by atoms with Crippen molar-refractivity contribution in [2.45, 2.75) is 33.2 Å². The van der Waals surface area contributed by atoms with E-state index in [1.807, 2.05) is 19.1 Å². The van der Waals surface area contributed by atoms with Gasteiger partial charge in [-0.3, -0.25) is 0 Å². The zero-order valence-corrected chi connectivity index (χ0v) is 14.2. The van der Waals surface area contributed by atoms with Gasteiger partial charge >= 0.3 is 5.97 Å². The second-order valence-corrected chi connectivity index (χ2v) is 6.09. The summed E-state index contributed by atoms with van der Waals surface area (Å²) in [6.45, 7) is 6.84. The molecule has 0 radical (unpaired) electrons. The lowest BCUT2D eigenvalue weighted by Gasteiger charge is -2.37. The Bertz CT molecular complexity index is 756. The van der Waals surface area contributed by atoms with E-state index in [2.05, 4.69) is 16.8 Å². The lowest BCUT2D eigenvalue weighted by molar-refractivity contribution is 0.0519. The fraction of sp³-hybridized carbons (Fsp3) is 0.368. The van der Waals surface area contributed by atoms with E-state index in [-0.39, 0.29) is 11.9 Å². The van der Waals surface area contributed by atoms with Crippen molar-refractivity contribution in [2.75, 3.05) is 18.1 Å². The van der Waals surface area contributed by atoms with E-state index in [0.29, 0.717) is 12.3 Å². The van der Waals surface area contributed by atoms with Gasteiger partial charge in [-0.15, -0.1) is 0 Å². The molecule has 1 aromatic carbocycles. The number of nitrogens with zero attached hydrogens (tertiary/aromatic N) is 2. The summed E-state index contributed by atoms with van der Waals surface area (Å²) < 4.78 is 18.7. The van der Waals surface area contributed by atoms with Gasteiger partial charge in [0.2, 0.25) is 0 Å². The first kappa shape index (κ1) is 16.4. The Labute approximate surface area is 141 Å². The van der Waals surface area contributed by atoms with Crippen LogP contribution in [0.3, 0.4) is 0 Å². The minimum Gasteiger partial charge on any atom is -0.461 e. The predicted octanol–water partition coefficient (Wildman–Crippen LogP) is 3.83. The van der Waals surface area contributed by atoms with Crippen LogP contribution in [0.4, 0.5) is 10.1 Å². The van der Waals surface area contributed by atoms with E-state index in [9.17, 15) is 9.18 Å². The zero-order chi connectivity index (χ0) is 17.3. The predicted molar refractivity (Wildman–Crippen MR) is 90.8 cm³/mol. The average molecular weight is 328 g/mol. The van der Waals surface area contributed by atoms with E-state index in [1.54, 1.807) is 19.2 Å². The number of hydrogen-bond donors (Lipinski definition) is 0. The number of carbonyl (C=O) groups is 1. The fourth-order valence-corrected chi connectivity index (χ4v) is 3.25. The van der Waals surface area contributed by atoms with E-state index in [0.717, 1.165) is 35.3 Å². The number of pyridine rings is 1. The molecule has 4 nitrogen and oxygen atoms in total. The first-order valence-corrected chi connectivity index (χ1v) is 8.19. The summed E-state index contributed by atoms with van der Waals surface area (Å²) in [5, 5.41) is 0. The molecule has 1 unspecified atom stereocenters. The van der Waals surface area contributed by atoms with Crippen LogP contribution in [0.5, 0.6) is 0 Å². The smallest absolute Gasteiger partial charge is 0.356 e. The molecule has 0 bridgehead atoms. The minimum absolute atomic E-state index is 0.0682.